The van der Waals surface area contributed by atoms with Gasteiger partial charge in [-0.15, -0.1) is 0 Å². The van der Waals surface area contributed by atoms with Gasteiger partial charge in [0.25, 0.3) is 5.91 Å². The van der Waals surface area contributed by atoms with Crippen molar-refractivity contribution in [2.24, 2.45) is 0 Å². The molecular formula is C27H30N2O5. The van der Waals surface area contributed by atoms with Gasteiger partial charge in [-0.05, 0) is 49.6 Å². The van der Waals surface area contributed by atoms with E-state index in [-0.39, 0.29) is 24.8 Å². The topological polar surface area (TPSA) is 86.6 Å². The maximum absolute atomic E-state index is 12.6. The number of aromatic nitrogens is 1. The lowest BCUT2D eigenvalue weighted by Gasteiger charge is -2.09. The summed E-state index contributed by atoms with van der Waals surface area (Å²) in [6, 6.07) is 18.8. The molecule has 1 amide bonds. The highest BCUT2D eigenvalue weighted by molar-refractivity contribution is 6.00. The fourth-order valence-electron chi connectivity index (χ4n) is 3.77. The van der Waals surface area contributed by atoms with Crippen LogP contribution in [-0.4, -0.2) is 49.1 Å². The fourth-order valence-corrected chi connectivity index (χ4v) is 3.77. The van der Waals surface area contributed by atoms with E-state index in [2.05, 4.69) is 9.88 Å². The van der Waals surface area contributed by atoms with Crippen LogP contribution in [0.3, 0.4) is 0 Å². The molecule has 0 unspecified atom stereocenters. The number of nitrogens with zero attached hydrogens (tertiary/aromatic N) is 1. The molecule has 1 N–H and O–H groups in total. The van der Waals surface area contributed by atoms with Gasteiger partial charge in [-0.3, -0.25) is 14.4 Å². The molecule has 0 saturated heterocycles. The van der Waals surface area contributed by atoms with E-state index in [4.69, 9.17) is 9.47 Å². The number of carbonyl (C=O) groups excluding carboxylic acids is 3. The number of hydrogen-bond donors (Lipinski definition) is 1. The van der Waals surface area contributed by atoms with Crippen LogP contribution in [0.15, 0.2) is 60.7 Å². The monoisotopic (exact) mass is 462 g/mol. The van der Waals surface area contributed by atoms with Gasteiger partial charge in [0, 0.05) is 42.8 Å². The molecule has 0 aliphatic heterocycles. The minimum atomic E-state index is -0.670. The molecule has 34 heavy (non-hydrogen) atoms. The zero-order valence-corrected chi connectivity index (χ0v) is 19.8. The molecule has 7 nitrogen and oxygen atoms in total. The average Bonchev–Trinajstić information content (AvgIpc) is 3.15. The molecule has 7 heteroatoms. The third-order valence-corrected chi connectivity index (χ3v) is 5.62. The third-order valence-electron chi connectivity index (χ3n) is 5.62. The largest absolute Gasteiger partial charge is 0.456 e. The van der Waals surface area contributed by atoms with Gasteiger partial charge < -0.3 is 19.4 Å². The SMILES string of the molecule is COCCCn1c(C)cc(C(=O)COC(=O)CNC(=O)c2ccc(-c3ccccc3)cc2)c1C. The predicted octanol–water partition coefficient (Wildman–Crippen LogP) is 3.96. The number of ketones is 1. The molecule has 3 aromatic rings. The molecule has 0 aliphatic rings. The molecule has 1 heterocycles. The molecule has 2 aromatic carbocycles. The van der Waals surface area contributed by atoms with Crippen molar-refractivity contribution in [2.75, 3.05) is 26.9 Å². The van der Waals surface area contributed by atoms with Crippen molar-refractivity contribution in [1.82, 2.24) is 9.88 Å². The van der Waals surface area contributed by atoms with E-state index >= 15 is 0 Å². The van der Waals surface area contributed by atoms with Gasteiger partial charge in [-0.1, -0.05) is 42.5 Å². The highest BCUT2D eigenvalue weighted by Gasteiger charge is 2.17. The van der Waals surface area contributed by atoms with Gasteiger partial charge in [0.05, 0.1) is 0 Å². The van der Waals surface area contributed by atoms with Crippen LogP contribution in [-0.2, 0) is 20.8 Å². The Morgan fingerprint density at radius 1 is 0.941 bits per heavy atom. The molecule has 0 aliphatic carbocycles. The molecule has 178 valence electrons. The second-order valence-electron chi connectivity index (χ2n) is 7.99. The summed E-state index contributed by atoms with van der Waals surface area (Å²) >= 11 is 0. The summed E-state index contributed by atoms with van der Waals surface area (Å²) in [4.78, 5) is 37.0. The minimum Gasteiger partial charge on any atom is -0.456 e. The zero-order chi connectivity index (χ0) is 24.5. The number of aryl methyl sites for hydroxylation is 1. The van der Waals surface area contributed by atoms with Crippen LogP contribution in [0.1, 0.15) is 38.5 Å². The van der Waals surface area contributed by atoms with E-state index in [9.17, 15) is 14.4 Å². The van der Waals surface area contributed by atoms with Crippen LogP contribution in [0.25, 0.3) is 11.1 Å². The number of esters is 1. The number of ether oxygens (including phenoxy) is 2. The first kappa shape index (κ1) is 24.9. The van der Waals surface area contributed by atoms with Gasteiger partial charge in [-0.2, -0.15) is 0 Å². The molecular weight excluding hydrogens is 432 g/mol. The zero-order valence-electron chi connectivity index (χ0n) is 19.8. The Morgan fingerprint density at radius 2 is 1.62 bits per heavy atom. The molecule has 0 saturated carbocycles. The third kappa shape index (κ3) is 6.42. The molecule has 0 spiro atoms. The maximum atomic E-state index is 12.6. The Labute approximate surface area is 199 Å². The average molecular weight is 463 g/mol. The molecule has 0 fully saturated rings. The normalized spacial score (nSPS) is 10.7. The van der Waals surface area contributed by atoms with Crippen LogP contribution in [0.4, 0.5) is 0 Å². The Morgan fingerprint density at radius 3 is 2.29 bits per heavy atom. The lowest BCUT2D eigenvalue weighted by molar-refractivity contribution is -0.141. The second kappa shape index (κ2) is 12.0. The maximum Gasteiger partial charge on any atom is 0.325 e. The lowest BCUT2D eigenvalue weighted by Crippen LogP contribution is -2.31. The van der Waals surface area contributed by atoms with Gasteiger partial charge in [0.15, 0.2) is 6.61 Å². The minimum absolute atomic E-state index is 0.276. The number of rotatable bonds is 11. The van der Waals surface area contributed by atoms with Crippen LogP contribution >= 0.6 is 0 Å². The van der Waals surface area contributed by atoms with Crippen molar-refractivity contribution in [3.05, 3.63) is 83.2 Å². The Bertz CT molecular complexity index is 1130. The van der Waals surface area contributed by atoms with E-state index in [1.807, 2.05) is 56.3 Å². The van der Waals surface area contributed by atoms with Crippen LogP contribution < -0.4 is 5.32 Å². The van der Waals surface area contributed by atoms with E-state index in [1.165, 1.54) is 0 Å². The van der Waals surface area contributed by atoms with E-state index in [1.54, 1.807) is 25.3 Å². The number of methoxy groups -OCH3 is 1. The van der Waals surface area contributed by atoms with Crippen LogP contribution in [0.2, 0.25) is 0 Å². The highest BCUT2D eigenvalue weighted by Crippen LogP contribution is 2.19. The first-order chi connectivity index (χ1) is 16.4. The summed E-state index contributed by atoms with van der Waals surface area (Å²) < 4.78 is 12.2. The molecule has 0 radical (unpaired) electrons. The van der Waals surface area contributed by atoms with E-state index < -0.39 is 5.97 Å². The van der Waals surface area contributed by atoms with Crippen molar-refractivity contribution >= 4 is 17.7 Å². The molecule has 1 aromatic heterocycles. The van der Waals surface area contributed by atoms with Crippen LogP contribution in [0.5, 0.6) is 0 Å². The van der Waals surface area contributed by atoms with Gasteiger partial charge in [0.1, 0.15) is 6.54 Å². The standard InChI is InChI=1S/C27H30N2O5/c1-19-16-24(20(2)29(19)14-7-15-33-3)25(30)18-34-26(31)17-28-27(32)23-12-10-22(11-13-23)21-8-5-4-6-9-21/h4-6,8-13,16H,7,14-15,17-18H2,1-3H3,(H,28,32). The number of carbonyl (C=O) groups is 3. The number of amides is 1. The highest BCUT2D eigenvalue weighted by atomic mass is 16.5. The van der Waals surface area contributed by atoms with Crippen molar-refractivity contribution < 1.29 is 23.9 Å². The van der Waals surface area contributed by atoms with Crippen molar-refractivity contribution in [2.45, 2.75) is 26.8 Å². The number of Topliss-reactive ketones (excluding diaryl/α,β-unsaturated/α-hetero) is 1. The predicted molar refractivity (Wildman–Crippen MR) is 130 cm³/mol. The lowest BCUT2D eigenvalue weighted by atomic mass is 10.0. The fraction of sp³-hybridized carbons (Fsp3) is 0.296. The summed E-state index contributed by atoms with van der Waals surface area (Å²) in [5.41, 5.74) is 4.82. The van der Waals surface area contributed by atoms with Gasteiger partial charge in [-0.25, -0.2) is 0 Å². The quantitative estimate of drug-likeness (QED) is 0.265. The second-order valence-corrected chi connectivity index (χ2v) is 7.99. The number of nitrogens with one attached hydrogen (secondary N) is 1. The first-order valence-corrected chi connectivity index (χ1v) is 11.2. The summed E-state index contributed by atoms with van der Waals surface area (Å²) in [5, 5.41) is 2.53. The Hall–Kier alpha value is -3.71. The van der Waals surface area contributed by atoms with Gasteiger partial charge >= 0.3 is 5.97 Å². The van der Waals surface area contributed by atoms with Crippen molar-refractivity contribution in [3.63, 3.8) is 0 Å². The van der Waals surface area contributed by atoms with Crippen LogP contribution in [0, 0.1) is 13.8 Å². The van der Waals surface area contributed by atoms with E-state index in [0.717, 1.165) is 35.5 Å². The van der Waals surface area contributed by atoms with Gasteiger partial charge in [0.2, 0.25) is 5.78 Å². The number of benzene rings is 2. The molecule has 0 bridgehead atoms. The molecule has 3 rings (SSSR count). The summed E-state index contributed by atoms with van der Waals surface area (Å²) in [5.74, 6) is -1.33. The Balaban J connectivity index is 1.47. The Kier molecular flexibility index (Phi) is 8.76. The molecule has 0 atom stereocenters. The summed E-state index contributed by atoms with van der Waals surface area (Å²) in [6.07, 6.45) is 0.837. The van der Waals surface area contributed by atoms with Crippen molar-refractivity contribution in [3.8, 4) is 11.1 Å². The number of hydrogen-bond acceptors (Lipinski definition) is 5. The van der Waals surface area contributed by atoms with E-state index in [0.29, 0.717) is 17.7 Å². The summed E-state index contributed by atoms with van der Waals surface area (Å²) in [6.45, 7) is 4.51. The summed E-state index contributed by atoms with van der Waals surface area (Å²) in [7, 11) is 1.66. The van der Waals surface area contributed by atoms with Crippen molar-refractivity contribution in [1.29, 1.82) is 0 Å². The smallest absolute Gasteiger partial charge is 0.325 e. The first-order valence-electron chi connectivity index (χ1n) is 11.2.